The van der Waals surface area contributed by atoms with E-state index < -0.39 is 0 Å². The fourth-order valence-corrected chi connectivity index (χ4v) is 2.79. The van der Waals surface area contributed by atoms with Crippen LogP contribution >= 0.6 is 0 Å². The normalized spacial score (nSPS) is 10.5. The molecule has 140 valence electrons. The lowest BCUT2D eigenvalue weighted by molar-refractivity contribution is 0.0985. The zero-order valence-corrected chi connectivity index (χ0v) is 15.7. The molecular weight excluding hydrogens is 346 g/mol. The van der Waals surface area contributed by atoms with Gasteiger partial charge >= 0.3 is 0 Å². The fourth-order valence-electron chi connectivity index (χ4n) is 2.79. The summed E-state index contributed by atoms with van der Waals surface area (Å²) in [5.41, 5.74) is 1.17. The van der Waals surface area contributed by atoms with E-state index in [1.54, 1.807) is 63.9 Å². The second kappa shape index (κ2) is 7.95. The van der Waals surface area contributed by atoms with E-state index in [0.717, 1.165) is 5.39 Å². The van der Waals surface area contributed by atoms with E-state index in [1.807, 2.05) is 6.92 Å². The first-order valence-corrected chi connectivity index (χ1v) is 8.51. The van der Waals surface area contributed by atoms with E-state index in [0.29, 0.717) is 46.2 Å². The monoisotopic (exact) mass is 367 g/mol. The Bertz CT molecular complexity index is 984. The number of rotatable bonds is 7. The highest BCUT2D eigenvalue weighted by atomic mass is 16.5. The van der Waals surface area contributed by atoms with Crippen LogP contribution in [0.1, 0.15) is 23.7 Å². The minimum atomic E-state index is -0.0264. The van der Waals surface area contributed by atoms with Gasteiger partial charge in [0.25, 0.3) is 0 Å². The van der Waals surface area contributed by atoms with Crippen LogP contribution in [0.5, 0.6) is 28.7 Å². The molecular formula is C21H21NO5. The molecule has 1 heterocycles. The molecule has 1 aromatic heterocycles. The van der Waals surface area contributed by atoms with Gasteiger partial charge in [0.2, 0.25) is 0 Å². The lowest BCUT2D eigenvalue weighted by Gasteiger charge is -2.14. The van der Waals surface area contributed by atoms with Gasteiger partial charge in [0.1, 0.15) is 17.2 Å². The molecule has 0 radical (unpaired) electrons. The average molecular weight is 367 g/mol. The Balaban J connectivity index is 2.10. The summed E-state index contributed by atoms with van der Waals surface area (Å²) in [6, 6.07) is 10.5. The van der Waals surface area contributed by atoms with Crippen LogP contribution in [0, 0.1) is 0 Å². The quantitative estimate of drug-likeness (QED) is 0.567. The Morgan fingerprint density at radius 3 is 2.30 bits per heavy atom. The first-order valence-electron chi connectivity index (χ1n) is 8.51. The number of Topliss-reactive ketones (excluding diaryl/α,β-unsaturated/α-hetero) is 1. The molecule has 0 fully saturated rings. The van der Waals surface area contributed by atoms with Gasteiger partial charge in [-0.2, -0.15) is 0 Å². The third-order valence-corrected chi connectivity index (χ3v) is 4.24. The Labute approximate surface area is 157 Å². The summed E-state index contributed by atoms with van der Waals surface area (Å²) in [4.78, 5) is 16.7. The molecule has 0 amide bonds. The van der Waals surface area contributed by atoms with E-state index >= 15 is 0 Å². The van der Waals surface area contributed by atoms with Crippen LogP contribution in [0.4, 0.5) is 0 Å². The predicted octanol–water partition coefficient (Wildman–Crippen LogP) is 4.65. The van der Waals surface area contributed by atoms with Gasteiger partial charge in [-0.3, -0.25) is 9.78 Å². The van der Waals surface area contributed by atoms with Crippen LogP contribution in [-0.2, 0) is 0 Å². The standard InChI is InChI=1S/C21H21NO5/c1-5-17(23)15-10-13(24-2)6-7-18(15)27-19-8-9-22-16-12-21(26-4)20(25-3)11-14(16)19/h6-12H,5H2,1-4H3. The number of ether oxygens (including phenoxy) is 4. The molecule has 0 aliphatic rings. The number of ketones is 1. The van der Waals surface area contributed by atoms with Crippen LogP contribution in [0.15, 0.2) is 42.6 Å². The maximum atomic E-state index is 12.4. The smallest absolute Gasteiger partial charge is 0.166 e. The van der Waals surface area contributed by atoms with Crippen molar-refractivity contribution in [2.45, 2.75) is 13.3 Å². The molecule has 0 bridgehead atoms. The molecule has 3 rings (SSSR count). The number of hydrogen-bond donors (Lipinski definition) is 0. The summed E-state index contributed by atoms with van der Waals surface area (Å²) in [6.07, 6.45) is 2.01. The van der Waals surface area contributed by atoms with E-state index in [-0.39, 0.29) is 5.78 Å². The summed E-state index contributed by atoms with van der Waals surface area (Å²) >= 11 is 0. The summed E-state index contributed by atoms with van der Waals surface area (Å²) < 4.78 is 22.0. The molecule has 0 saturated heterocycles. The number of aromatic nitrogens is 1. The van der Waals surface area contributed by atoms with Gasteiger partial charge in [0.15, 0.2) is 17.3 Å². The van der Waals surface area contributed by atoms with Crippen molar-refractivity contribution < 1.29 is 23.7 Å². The minimum absolute atomic E-state index is 0.0264. The highest BCUT2D eigenvalue weighted by Crippen LogP contribution is 2.38. The van der Waals surface area contributed by atoms with Gasteiger partial charge in [-0.1, -0.05) is 6.92 Å². The van der Waals surface area contributed by atoms with Gasteiger partial charge in [-0.15, -0.1) is 0 Å². The fraction of sp³-hybridized carbons (Fsp3) is 0.238. The van der Waals surface area contributed by atoms with Crippen molar-refractivity contribution in [2.75, 3.05) is 21.3 Å². The summed E-state index contributed by atoms with van der Waals surface area (Å²) in [5.74, 6) is 2.76. The number of fused-ring (bicyclic) bond motifs is 1. The molecule has 0 spiro atoms. The van der Waals surface area contributed by atoms with Crippen molar-refractivity contribution in [2.24, 2.45) is 0 Å². The third kappa shape index (κ3) is 3.65. The highest BCUT2D eigenvalue weighted by molar-refractivity contribution is 5.99. The lowest BCUT2D eigenvalue weighted by atomic mass is 10.1. The second-order valence-corrected chi connectivity index (χ2v) is 5.77. The molecule has 0 unspecified atom stereocenters. The number of pyridine rings is 1. The number of carbonyl (C=O) groups is 1. The van der Waals surface area contributed by atoms with E-state index in [9.17, 15) is 4.79 Å². The van der Waals surface area contributed by atoms with E-state index in [2.05, 4.69) is 4.98 Å². The number of methoxy groups -OCH3 is 3. The predicted molar refractivity (Wildman–Crippen MR) is 103 cm³/mol. The summed E-state index contributed by atoms with van der Waals surface area (Å²) in [5, 5.41) is 0.751. The number of benzene rings is 2. The molecule has 0 aliphatic carbocycles. The van der Waals surface area contributed by atoms with Crippen molar-refractivity contribution in [1.29, 1.82) is 0 Å². The molecule has 0 aliphatic heterocycles. The first kappa shape index (κ1) is 18.5. The molecule has 2 aromatic carbocycles. The van der Waals surface area contributed by atoms with Gasteiger partial charge in [0, 0.05) is 24.1 Å². The molecule has 3 aromatic rings. The SMILES string of the molecule is CCC(=O)c1cc(OC)ccc1Oc1ccnc2cc(OC)c(OC)cc12. The number of nitrogens with zero attached hydrogens (tertiary/aromatic N) is 1. The van der Waals surface area contributed by atoms with Crippen molar-refractivity contribution >= 4 is 16.7 Å². The Morgan fingerprint density at radius 2 is 1.63 bits per heavy atom. The molecule has 0 saturated carbocycles. The Kier molecular flexibility index (Phi) is 5.45. The van der Waals surface area contributed by atoms with Crippen LogP contribution in [0.2, 0.25) is 0 Å². The molecule has 27 heavy (non-hydrogen) atoms. The molecule has 0 atom stereocenters. The van der Waals surface area contributed by atoms with Crippen LogP contribution in [-0.4, -0.2) is 32.1 Å². The molecule has 6 heteroatoms. The Hall–Kier alpha value is -3.28. The van der Waals surface area contributed by atoms with Crippen molar-refractivity contribution in [3.8, 4) is 28.7 Å². The van der Waals surface area contributed by atoms with Crippen molar-refractivity contribution in [1.82, 2.24) is 4.98 Å². The largest absolute Gasteiger partial charge is 0.497 e. The molecule has 0 N–H and O–H groups in total. The van der Waals surface area contributed by atoms with Gasteiger partial charge < -0.3 is 18.9 Å². The topological polar surface area (TPSA) is 66.9 Å². The lowest BCUT2D eigenvalue weighted by Crippen LogP contribution is -2.01. The summed E-state index contributed by atoms with van der Waals surface area (Å²) in [6.45, 7) is 1.81. The second-order valence-electron chi connectivity index (χ2n) is 5.77. The van der Waals surface area contributed by atoms with Gasteiger partial charge in [-0.25, -0.2) is 0 Å². The van der Waals surface area contributed by atoms with Crippen LogP contribution in [0.3, 0.4) is 0 Å². The van der Waals surface area contributed by atoms with Gasteiger partial charge in [0.05, 0.1) is 32.4 Å². The van der Waals surface area contributed by atoms with Crippen LogP contribution in [0.25, 0.3) is 10.9 Å². The van der Waals surface area contributed by atoms with E-state index in [1.165, 1.54) is 0 Å². The number of hydrogen-bond acceptors (Lipinski definition) is 6. The van der Waals surface area contributed by atoms with Gasteiger partial charge in [-0.05, 0) is 30.3 Å². The maximum Gasteiger partial charge on any atom is 0.166 e. The first-order chi connectivity index (χ1) is 13.1. The average Bonchev–Trinajstić information content (AvgIpc) is 2.72. The minimum Gasteiger partial charge on any atom is -0.497 e. The molecule has 6 nitrogen and oxygen atoms in total. The third-order valence-electron chi connectivity index (χ3n) is 4.24. The number of carbonyl (C=O) groups excluding carboxylic acids is 1. The highest BCUT2D eigenvalue weighted by Gasteiger charge is 2.16. The van der Waals surface area contributed by atoms with Crippen molar-refractivity contribution in [3.05, 3.63) is 48.2 Å². The maximum absolute atomic E-state index is 12.4. The zero-order valence-electron chi connectivity index (χ0n) is 15.7. The Morgan fingerprint density at radius 1 is 0.889 bits per heavy atom. The zero-order chi connectivity index (χ0) is 19.4. The van der Waals surface area contributed by atoms with Crippen molar-refractivity contribution in [3.63, 3.8) is 0 Å². The van der Waals surface area contributed by atoms with E-state index in [4.69, 9.17) is 18.9 Å². The van der Waals surface area contributed by atoms with Crippen LogP contribution < -0.4 is 18.9 Å². The summed E-state index contributed by atoms with van der Waals surface area (Å²) in [7, 11) is 4.71.